The predicted octanol–water partition coefficient (Wildman–Crippen LogP) is 6.08. The van der Waals surface area contributed by atoms with E-state index in [9.17, 15) is 9.59 Å². The average Bonchev–Trinajstić information content (AvgIpc) is 3.15. The number of aromatic nitrogens is 1. The van der Waals surface area contributed by atoms with Crippen LogP contribution in [0.1, 0.15) is 21.7 Å². The van der Waals surface area contributed by atoms with Gasteiger partial charge in [-0.2, -0.15) is 0 Å². The maximum atomic E-state index is 13.3. The van der Waals surface area contributed by atoms with E-state index in [0.717, 1.165) is 38.2 Å². The molecule has 0 saturated carbocycles. The first-order chi connectivity index (χ1) is 16.0. The van der Waals surface area contributed by atoms with Crippen molar-refractivity contribution in [2.24, 2.45) is 0 Å². The van der Waals surface area contributed by atoms with Gasteiger partial charge in [0.05, 0.1) is 16.9 Å². The fourth-order valence-electron chi connectivity index (χ4n) is 4.19. The highest BCUT2D eigenvalue weighted by Crippen LogP contribution is 2.47. The monoisotopic (exact) mass is 454 g/mol. The minimum Gasteiger partial charge on any atom is -0.452 e. The standard InChI is InChI=1S/C27H22N2O3S/c1-18-16-21(19(2)28(18)20-10-4-3-5-11-20)27(31)32-17-26(30)29-22-12-6-8-14-24(22)33-25-15-9-7-13-23(25)29/h3-16H,17H2,1-2H3. The lowest BCUT2D eigenvalue weighted by molar-refractivity contribution is -0.121. The van der Waals surface area contributed by atoms with Crippen LogP contribution < -0.4 is 4.90 Å². The van der Waals surface area contributed by atoms with Crippen LogP contribution in [-0.4, -0.2) is 23.1 Å². The highest BCUT2D eigenvalue weighted by Gasteiger charge is 2.29. The van der Waals surface area contributed by atoms with Gasteiger partial charge in [0.15, 0.2) is 6.61 Å². The van der Waals surface area contributed by atoms with Crippen molar-refractivity contribution in [1.29, 1.82) is 0 Å². The van der Waals surface area contributed by atoms with Gasteiger partial charge in [0, 0.05) is 26.9 Å². The van der Waals surface area contributed by atoms with Crippen LogP contribution in [0.4, 0.5) is 11.4 Å². The second-order valence-corrected chi connectivity index (χ2v) is 8.88. The molecule has 0 spiro atoms. The van der Waals surface area contributed by atoms with E-state index in [4.69, 9.17) is 4.74 Å². The third kappa shape index (κ3) is 3.83. The van der Waals surface area contributed by atoms with Gasteiger partial charge in [-0.25, -0.2) is 4.79 Å². The molecule has 1 amide bonds. The molecule has 4 aromatic rings. The Balaban J connectivity index is 1.38. The molecule has 164 valence electrons. The number of ether oxygens (including phenoxy) is 1. The molecule has 1 aromatic heterocycles. The zero-order valence-corrected chi connectivity index (χ0v) is 19.1. The van der Waals surface area contributed by atoms with Gasteiger partial charge in [-0.05, 0) is 56.3 Å². The van der Waals surface area contributed by atoms with E-state index in [1.165, 1.54) is 0 Å². The number of hydrogen-bond acceptors (Lipinski definition) is 4. The number of carbonyl (C=O) groups is 2. The first kappa shape index (κ1) is 21.1. The minimum atomic E-state index is -0.508. The van der Waals surface area contributed by atoms with E-state index in [2.05, 4.69) is 0 Å². The summed E-state index contributed by atoms with van der Waals surface area (Å²) in [6.45, 7) is 3.48. The Morgan fingerprint density at radius 3 is 2.03 bits per heavy atom. The fourth-order valence-corrected chi connectivity index (χ4v) is 5.24. The molecule has 2 heterocycles. The van der Waals surface area contributed by atoms with Gasteiger partial charge in [-0.15, -0.1) is 0 Å². The Kier molecular flexibility index (Phi) is 5.52. The van der Waals surface area contributed by atoms with E-state index in [1.807, 2.05) is 97.3 Å². The highest BCUT2D eigenvalue weighted by atomic mass is 32.2. The van der Waals surface area contributed by atoms with Gasteiger partial charge >= 0.3 is 5.97 Å². The van der Waals surface area contributed by atoms with Crippen LogP contribution in [0.25, 0.3) is 5.69 Å². The molecule has 3 aromatic carbocycles. The maximum Gasteiger partial charge on any atom is 0.340 e. The lowest BCUT2D eigenvalue weighted by Crippen LogP contribution is -2.32. The Morgan fingerprint density at radius 2 is 1.39 bits per heavy atom. The first-order valence-corrected chi connectivity index (χ1v) is 11.5. The van der Waals surface area contributed by atoms with Gasteiger partial charge in [-0.3, -0.25) is 9.69 Å². The minimum absolute atomic E-state index is 0.291. The van der Waals surface area contributed by atoms with Crippen LogP contribution in [0.2, 0.25) is 0 Å². The number of esters is 1. The van der Waals surface area contributed by atoms with E-state index < -0.39 is 5.97 Å². The number of benzene rings is 3. The summed E-state index contributed by atoms with van der Waals surface area (Å²) in [7, 11) is 0. The molecule has 0 aliphatic carbocycles. The molecule has 1 aliphatic heterocycles. The van der Waals surface area contributed by atoms with E-state index in [-0.39, 0.29) is 12.5 Å². The number of carbonyl (C=O) groups excluding carboxylic acids is 2. The molecule has 0 saturated heterocycles. The van der Waals surface area contributed by atoms with Crippen LogP contribution >= 0.6 is 11.8 Å². The topological polar surface area (TPSA) is 51.5 Å². The number of fused-ring (bicyclic) bond motifs is 2. The zero-order valence-electron chi connectivity index (χ0n) is 18.3. The lowest BCUT2D eigenvalue weighted by Gasteiger charge is -2.30. The average molecular weight is 455 g/mol. The van der Waals surface area contributed by atoms with Crippen molar-refractivity contribution < 1.29 is 14.3 Å². The van der Waals surface area contributed by atoms with Crippen LogP contribution in [-0.2, 0) is 9.53 Å². The number of hydrogen-bond donors (Lipinski definition) is 0. The largest absolute Gasteiger partial charge is 0.452 e. The zero-order chi connectivity index (χ0) is 22.9. The van der Waals surface area contributed by atoms with Crippen LogP contribution in [0.3, 0.4) is 0 Å². The molecule has 33 heavy (non-hydrogen) atoms. The molecule has 1 aliphatic rings. The summed E-state index contributed by atoms with van der Waals surface area (Å²) in [5, 5.41) is 0. The number of amides is 1. The lowest BCUT2D eigenvalue weighted by atomic mass is 10.2. The van der Waals surface area contributed by atoms with Gasteiger partial charge in [0.2, 0.25) is 0 Å². The number of rotatable bonds is 4. The quantitative estimate of drug-likeness (QED) is 0.351. The van der Waals surface area contributed by atoms with Gasteiger partial charge in [0.25, 0.3) is 5.91 Å². The maximum absolute atomic E-state index is 13.3. The fraction of sp³-hybridized carbons (Fsp3) is 0.111. The molecule has 5 nitrogen and oxygen atoms in total. The van der Waals surface area contributed by atoms with Crippen molar-refractivity contribution in [2.75, 3.05) is 11.5 Å². The van der Waals surface area contributed by atoms with Crippen molar-refractivity contribution in [3.63, 3.8) is 0 Å². The van der Waals surface area contributed by atoms with Gasteiger partial charge in [-0.1, -0.05) is 54.2 Å². The molecule has 0 N–H and O–H groups in total. The Bertz CT molecular complexity index is 1320. The summed E-state index contributed by atoms with van der Waals surface area (Å²) in [5.41, 5.74) is 4.73. The second kappa shape index (κ2) is 8.64. The van der Waals surface area contributed by atoms with Crippen molar-refractivity contribution in [3.05, 3.63) is 102 Å². The number of nitrogens with zero attached hydrogens (tertiary/aromatic N) is 2. The normalized spacial score (nSPS) is 12.1. The molecule has 0 bridgehead atoms. The molecule has 6 heteroatoms. The third-order valence-corrected chi connectivity index (χ3v) is 6.80. The molecular weight excluding hydrogens is 432 g/mol. The molecule has 0 fully saturated rings. The first-order valence-electron chi connectivity index (χ1n) is 10.6. The SMILES string of the molecule is Cc1cc(C(=O)OCC(=O)N2c3ccccc3Sc3ccccc32)c(C)n1-c1ccccc1. The predicted molar refractivity (Wildman–Crippen MR) is 130 cm³/mol. The number of anilines is 2. The van der Waals surface area contributed by atoms with E-state index in [0.29, 0.717) is 5.56 Å². The summed E-state index contributed by atoms with van der Waals surface area (Å²) < 4.78 is 7.51. The summed E-state index contributed by atoms with van der Waals surface area (Å²) in [5.74, 6) is -0.799. The van der Waals surface area contributed by atoms with Crippen molar-refractivity contribution in [2.45, 2.75) is 23.6 Å². The van der Waals surface area contributed by atoms with Crippen LogP contribution in [0.5, 0.6) is 0 Å². The van der Waals surface area contributed by atoms with Crippen LogP contribution in [0.15, 0.2) is 94.7 Å². The Morgan fingerprint density at radius 1 is 0.818 bits per heavy atom. The van der Waals surface area contributed by atoms with Crippen molar-refractivity contribution in [3.8, 4) is 5.69 Å². The van der Waals surface area contributed by atoms with E-state index in [1.54, 1.807) is 22.7 Å². The van der Waals surface area contributed by atoms with Gasteiger partial charge < -0.3 is 9.30 Å². The molecule has 5 rings (SSSR count). The molecule has 0 unspecified atom stereocenters. The van der Waals surface area contributed by atoms with Crippen LogP contribution in [0, 0.1) is 13.8 Å². The second-order valence-electron chi connectivity index (χ2n) is 7.80. The van der Waals surface area contributed by atoms with Crippen molar-refractivity contribution >= 4 is 35.0 Å². The summed E-state index contributed by atoms with van der Waals surface area (Å²) in [6.07, 6.45) is 0. The molecule has 0 atom stereocenters. The Hall–Kier alpha value is -3.77. The third-order valence-electron chi connectivity index (χ3n) is 5.67. The number of aryl methyl sites for hydroxylation is 1. The molecular formula is C27H22N2O3S. The Labute approximate surface area is 196 Å². The number of para-hydroxylation sites is 3. The van der Waals surface area contributed by atoms with Crippen molar-refractivity contribution in [1.82, 2.24) is 4.57 Å². The molecule has 0 radical (unpaired) electrons. The summed E-state index contributed by atoms with van der Waals surface area (Å²) in [6, 6.07) is 27.1. The van der Waals surface area contributed by atoms with Gasteiger partial charge in [0.1, 0.15) is 0 Å². The highest BCUT2D eigenvalue weighted by molar-refractivity contribution is 7.99. The summed E-state index contributed by atoms with van der Waals surface area (Å²) in [4.78, 5) is 29.8. The smallest absolute Gasteiger partial charge is 0.340 e. The summed E-state index contributed by atoms with van der Waals surface area (Å²) >= 11 is 1.62. The van der Waals surface area contributed by atoms with E-state index >= 15 is 0 Å².